The first kappa shape index (κ1) is 15.4. The van der Waals surface area contributed by atoms with Crippen LogP contribution in [0, 0.1) is 13.8 Å². The van der Waals surface area contributed by atoms with Crippen molar-refractivity contribution < 1.29 is 9.59 Å². The van der Waals surface area contributed by atoms with Crippen LogP contribution in [-0.2, 0) is 0 Å². The Hall–Kier alpha value is -2.52. The number of ketones is 2. The zero-order valence-corrected chi connectivity index (χ0v) is 13.8. The van der Waals surface area contributed by atoms with E-state index in [0.717, 1.165) is 11.1 Å². The Morgan fingerprint density at radius 3 is 1.30 bits per heavy atom. The molecule has 1 aromatic heterocycles. The van der Waals surface area contributed by atoms with Gasteiger partial charge in [-0.3, -0.25) is 9.59 Å². The molecule has 0 aliphatic rings. The average molecular weight is 320 g/mol. The molecule has 114 valence electrons. The number of benzene rings is 2. The maximum atomic E-state index is 12.5. The molecule has 0 atom stereocenters. The van der Waals surface area contributed by atoms with E-state index in [4.69, 9.17) is 0 Å². The number of thiophene rings is 1. The molecule has 3 aromatic rings. The Labute approximate surface area is 139 Å². The first-order valence-corrected chi connectivity index (χ1v) is 8.19. The van der Waals surface area contributed by atoms with Crippen LogP contribution in [0.1, 0.15) is 41.6 Å². The average Bonchev–Trinajstić information content (AvgIpc) is 3.05. The predicted octanol–water partition coefficient (Wildman–Crippen LogP) is 4.83. The maximum absolute atomic E-state index is 12.5. The van der Waals surface area contributed by atoms with E-state index < -0.39 is 0 Å². The van der Waals surface area contributed by atoms with E-state index in [1.165, 1.54) is 11.3 Å². The Bertz CT molecular complexity index is 783. The van der Waals surface area contributed by atoms with E-state index in [0.29, 0.717) is 20.9 Å². The standard InChI is InChI=1S/C20H16O2S/c1-13-3-7-15(8-4-13)19(21)17-11-12-18(23-17)20(22)16-9-5-14(2)6-10-16/h3-12H,1-2H3. The van der Waals surface area contributed by atoms with Crippen LogP contribution in [0.25, 0.3) is 0 Å². The Morgan fingerprint density at radius 2 is 0.957 bits per heavy atom. The first-order valence-electron chi connectivity index (χ1n) is 7.37. The van der Waals surface area contributed by atoms with E-state index in [-0.39, 0.29) is 11.6 Å². The summed E-state index contributed by atoms with van der Waals surface area (Å²) < 4.78 is 0. The van der Waals surface area contributed by atoms with Crippen LogP contribution in [0.3, 0.4) is 0 Å². The summed E-state index contributed by atoms with van der Waals surface area (Å²) in [4.78, 5) is 26.1. The quantitative estimate of drug-likeness (QED) is 0.645. The van der Waals surface area contributed by atoms with Gasteiger partial charge in [0.1, 0.15) is 0 Å². The fourth-order valence-electron chi connectivity index (χ4n) is 2.28. The van der Waals surface area contributed by atoms with Gasteiger partial charge in [0, 0.05) is 11.1 Å². The normalized spacial score (nSPS) is 10.5. The van der Waals surface area contributed by atoms with E-state index in [2.05, 4.69) is 0 Å². The van der Waals surface area contributed by atoms with Crippen LogP contribution in [0.15, 0.2) is 60.7 Å². The topological polar surface area (TPSA) is 34.1 Å². The molecule has 0 radical (unpaired) electrons. The summed E-state index contributed by atoms with van der Waals surface area (Å²) in [7, 11) is 0. The fraction of sp³-hybridized carbons (Fsp3) is 0.100. The van der Waals surface area contributed by atoms with Gasteiger partial charge in [0.2, 0.25) is 11.6 Å². The monoisotopic (exact) mass is 320 g/mol. The molecule has 0 fully saturated rings. The smallest absolute Gasteiger partial charge is 0.202 e. The van der Waals surface area contributed by atoms with Crippen molar-refractivity contribution >= 4 is 22.9 Å². The lowest BCUT2D eigenvalue weighted by molar-refractivity contribution is 0.103. The molecule has 0 spiro atoms. The van der Waals surface area contributed by atoms with Gasteiger partial charge in [0.25, 0.3) is 0 Å². The maximum Gasteiger partial charge on any atom is 0.202 e. The Balaban J connectivity index is 1.85. The van der Waals surface area contributed by atoms with Crippen LogP contribution >= 0.6 is 11.3 Å². The van der Waals surface area contributed by atoms with E-state index in [1.807, 2.05) is 62.4 Å². The third-order valence-electron chi connectivity index (χ3n) is 3.68. The molecule has 0 bridgehead atoms. The van der Waals surface area contributed by atoms with Gasteiger partial charge in [-0.25, -0.2) is 0 Å². The summed E-state index contributed by atoms with van der Waals surface area (Å²) in [6.07, 6.45) is 0. The van der Waals surface area contributed by atoms with Crippen molar-refractivity contribution in [3.8, 4) is 0 Å². The van der Waals surface area contributed by atoms with Crippen molar-refractivity contribution in [2.24, 2.45) is 0 Å². The number of carbonyl (C=O) groups excluding carboxylic acids is 2. The second kappa shape index (κ2) is 6.31. The molecule has 0 saturated carbocycles. The van der Waals surface area contributed by atoms with E-state index in [1.54, 1.807) is 12.1 Å². The summed E-state index contributed by atoms with van der Waals surface area (Å²) in [5, 5.41) is 0. The van der Waals surface area contributed by atoms with Gasteiger partial charge in [-0.2, -0.15) is 0 Å². The van der Waals surface area contributed by atoms with E-state index >= 15 is 0 Å². The molecule has 0 amide bonds. The molecule has 2 aromatic carbocycles. The third kappa shape index (κ3) is 3.30. The highest BCUT2D eigenvalue weighted by Crippen LogP contribution is 2.23. The predicted molar refractivity (Wildman–Crippen MR) is 93.5 cm³/mol. The molecule has 0 aliphatic heterocycles. The molecule has 0 unspecified atom stereocenters. The highest BCUT2D eigenvalue weighted by molar-refractivity contribution is 7.16. The van der Waals surface area contributed by atoms with Gasteiger partial charge < -0.3 is 0 Å². The molecule has 0 N–H and O–H groups in total. The molecular weight excluding hydrogens is 304 g/mol. The number of hydrogen-bond acceptors (Lipinski definition) is 3. The first-order chi connectivity index (χ1) is 11.0. The molecule has 3 rings (SSSR count). The van der Waals surface area contributed by atoms with Crippen molar-refractivity contribution in [3.05, 3.63) is 92.7 Å². The van der Waals surface area contributed by atoms with Gasteiger partial charge in [-0.05, 0) is 26.0 Å². The Kier molecular flexibility index (Phi) is 4.22. The van der Waals surface area contributed by atoms with Crippen LogP contribution in [-0.4, -0.2) is 11.6 Å². The van der Waals surface area contributed by atoms with Gasteiger partial charge in [0.15, 0.2) is 0 Å². The van der Waals surface area contributed by atoms with Crippen LogP contribution in [0.5, 0.6) is 0 Å². The van der Waals surface area contributed by atoms with E-state index in [9.17, 15) is 9.59 Å². The zero-order valence-electron chi connectivity index (χ0n) is 13.0. The van der Waals surface area contributed by atoms with Crippen molar-refractivity contribution in [2.75, 3.05) is 0 Å². The van der Waals surface area contributed by atoms with Crippen molar-refractivity contribution in [3.63, 3.8) is 0 Å². The molecule has 3 heteroatoms. The lowest BCUT2D eigenvalue weighted by Gasteiger charge is -2.00. The molecule has 1 heterocycles. The molecule has 2 nitrogen and oxygen atoms in total. The molecular formula is C20H16O2S. The van der Waals surface area contributed by atoms with Gasteiger partial charge in [-0.15, -0.1) is 11.3 Å². The van der Waals surface area contributed by atoms with Gasteiger partial charge >= 0.3 is 0 Å². The highest BCUT2D eigenvalue weighted by Gasteiger charge is 2.16. The van der Waals surface area contributed by atoms with Crippen molar-refractivity contribution in [1.29, 1.82) is 0 Å². The molecule has 0 aliphatic carbocycles. The Morgan fingerprint density at radius 1 is 0.609 bits per heavy atom. The van der Waals surface area contributed by atoms with Crippen molar-refractivity contribution in [1.82, 2.24) is 0 Å². The minimum absolute atomic E-state index is 0.0436. The lowest BCUT2D eigenvalue weighted by atomic mass is 10.1. The number of hydrogen-bond donors (Lipinski definition) is 0. The second-order valence-electron chi connectivity index (χ2n) is 5.55. The zero-order chi connectivity index (χ0) is 16.4. The summed E-state index contributed by atoms with van der Waals surface area (Å²) in [5.41, 5.74) is 3.52. The van der Waals surface area contributed by atoms with Gasteiger partial charge in [0.05, 0.1) is 9.75 Å². The SMILES string of the molecule is Cc1ccc(C(=O)c2ccc(C(=O)c3ccc(C)cc3)s2)cc1. The lowest BCUT2D eigenvalue weighted by Crippen LogP contribution is -1.99. The third-order valence-corrected chi connectivity index (χ3v) is 4.76. The highest BCUT2D eigenvalue weighted by atomic mass is 32.1. The van der Waals surface area contributed by atoms with Gasteiger partial charge in [-0.1, -0.05) is 59.7 Å². The summed E-state index contributed by atoms with van der Waals surface area (Å²) >= 11 is 1.25. The largest absolute Gasteiger partial charge is 0.288 e. The minimum atomic E-state index is -0.0436. The van der Waals surface area contributed by atoms with Crippen molar-refractivity contribution in [2.45, 2.75) is 13.8 Å². The summed E-state index contributed by atoms with van der Waals surface area (Å²) in [6, 6.07) is 18.4. The minimum Gasteiger partial charge on any atom is -0.288 e. The summed E-state index contributed by atoms with van der Waals surface area (Å²) in [5.74, 6) is -0.0871. The van der Waals surface area contributed by atoms with Crippen LogP contribution < -0.4 is 0 Å². The second-order valence-corrected chi connectivity index (χ2v) is 6.64. The number of rotatable bonds is 4. The molecule has 0 saturated heterocycles. The van der Waals surface area contributed by atoms with Crippen LogP contribution in [0.4, 0.5) is 0 Å². The fourth-order valence-corrected chi connectivity index (χ4v) is 3.21. The summed E-state index contributed by atoms with van der Waals surface area (Å²) in [6.45, 7) is 3.97. The van der Waals surface area contributed by atoms with Crippen LogP contribution in [0.2, 0.25) is 0 Å². The number of carbonyl (C=O) groups is 2. The number of aryl methyl sites for hydroxylation is 2. The molecule has 23 heavy (non-hydrogen) atoms.